The van der Waals surface area contributed by atoms with Gasteiger partial charge in [-0.2, -0.15) is 0 Å². The molecule has 114 valence electrons. The lowest BCUT2D eigenvalue weighted by Crippen LogP contribution is -2.30. The van der Waals surface area contributed by atoms with Crippen molar-refractivity contribution in [2.45, 2.75) is 25.2 Å². The molecule has 6 heteroatoms. The van der Waals surface area contributed by atoms with Gasteiger partial charge in [-0.25, -0.2) is 12.7 Å². The van der Waals surface area contributed by atoms with Crippen LogP contribution in [-0.2, 0) is 10.0 Å². The highest BCUT2D eigenvalue weighted by Crippen LogP contribution is 2.23. The number of nitrogens with zero attached hydrogens (tertiary/aromatic N) is 2. The summed E-state index contributed by atoms with van der Waals surface area (Å²) in [7, 11) is 2.09. The largest absolute Gasteiger partial charge is 0.398 e. The smallest absolute Gasteiger partial charge is 0.242 e. The molecule has 0 spiro atoms. The standard InChI is InChI=1S/C14H25N3O2S/c1-11-9-13(10-14(15)12(11)2)20(18,19)17(5)8-6-7-16(3)4/h9-10H,6-8,15H2,1-5H3. The van der Waals surface area contributed by atoms with Crippen molar-refractivity contribution in [1.29, 1.82) is 0 Å². The van der Waals surface area contributed by atoms with Gasteiger partial charge in [0, 0.05) is 19.3 Å². The van der Waals surface area contributed by atoms with Gasteiger partial charge in [-0.1, -0.05) is 0 Å². The Morgan fingerprint density at radius 3 is 2.20 bits per heavy atom. The molecule has 2 N–H and O–H groups in total. The number of hydrogen-bond donors (Lipinski definition) is 1. The SMILES string of the molecule is Cc1cc(S(=O)(=O)N(C)CCCN(C)C)cc(N)c1C. The van der Waals surface area contributed by atoms with E-state index in [9.17, 15) is 8.42 Å². The number of benzene rings is 1. The fraction of sp³-hybridized carbons (Fsp3) is 0.571. The number of sulfonamides is 1. The van der Waals surface area contributed by atoms with Crippen molar-refractivity contribution in [2.75, 3.05) is 40.0 Å². The minimum Gasteiger partial charge on any atom is -0.398 e. The van der Waals surface area contributed by atoms with Gasteiger partial charge in [-0.3, -0.25) is 0 Å². The first-order valence-corrected chi connectivity index (χ1v) is 8.08. The van der Waals surface area contributed by atoms with E-state index in [1.807, 2.05) is 32.8 Å². The third kappa shape index (κ3) is 3.94. The van der Waals surface area contributed by atoms with E-state index in [0.717, 1.165) is 24.1 Å². The molecule has 0 saturated heterocycles. The van der Waals surface area contributed by atoms with E-state index in [-0.39, 0.29) is 4.90 Å². The molecule has 0 atom stereocenters. The van der Waals surface area contributed by atoms with E-state index in [1.165, 1.54) is 4.31 Å². The van der Waals surface area contributed by atoms with Crippen molar-refractivity contribution in [1.82, 2.24) is 9.21 Å². The first-order valence-electron chi connectivity index (χ1n) is 6.64. The summed E-state index contributed by atoms with van der Waals surface area (Å²) in [6.45, 7) is 5.11. The van der Waals surface area contributed by atoms with Crippen molar-refractivity contribution in [3.63, 3.8) is 0 Å². The number of nitrogens with two attached hydrogens (primary N) is 1. The Balaban J connectivity index is 2.93. The first kappa shape index (κ1) is 16.9. The van der Waals surface area contributed by atoms with Crippen LogP contribution in [0.2, 0.25) is 0 Å². The second-order valence-corrected chi connectivity index (χ2v) is 7.48. The average Bonchev–Trinajstić information content (AvgIpc) is 2.34. The average molecular weight is 299 g/mol. The van der Waals surface area contributed by atoms with Gasteiger partial charge >= 0.3 is 0 Å². The summed E-state index contributed by atoms with van der Waals surface area (Å²) in [5.41, 5.74) is 8.21. The minimum atomic E-state index is -3.46. The molecule has 0 aromatic heterocycles. The molecule has 0 heterocycles. The van der Waals surface area contributed by atoms with E-state index in [1.54, 1.807) is 19.2 Å². The van der Waals surface area contributed by atoms with Gasteiger partial charge in [0.15, 0.2) is 0 Å². The fourth-order valence-corrected chi connectivity index (χ4v) is 3.24. The van der Waals surface area contributed by atoms with E-state index >= 15 is 0 Å². The summed E-state index contributed by atoms with van der Waals surface area (Å²) >= 11 is 0. The molecule has 0 bridgehead atoms. The van der Waals surface area contributed by atoms with Gasteiger partial charge in [0.25, 0.3) is 0 Å². The molecular weight excluding hydrogens is 274 g/mol. The van der Waals surface area contributed by atoms with Gasteiger partial charge in [0.1, 0.15) is 0 Å². The lowest BCUT2D eigenvalue weighted by molar-refractivity contribution is 0.370. The number of anilines is 1. The second-order valence-electron chi connectivity index (χ2n) is 5.44. The molecule has 0 unspecified atom stereocenters. The Hall–Kier alpha value is -1.11. The van der Waals surface area contributed by atoms with Crippen molar-refractivity contribution in [2.24, 2.45) is 0 Å². The van der Waals surface area contributed by atoms with Crippen LogP contribution >= 0.6 is 0 Å². The highest BCUT2D eigenvalue weighted by atomic mass is 32.2. The summed E-state index contributed by atoms with van der Waals surface area (Å²) in [4.78, 5) is 2.31. The van der Waals surface area contributed by atoms with Gasteiger partial charge in [-0.05, 0) is 64.2 Å². The number of hydrogen-bond acceptors (Lipinski definition) is 4. The molecule has 1 aromatic rings. The quantitative estimate of drug-likeness (QED) is 0.808. The summed E-state index contributed by atoms with van der Waals surface area (Å²) in [5, 5.41) is 0. The summed E-state index contributed by atoms with van der Waals surface area (Å²) in [5.74, 6) is 0. The summed E-state index contributed by atoms with van der Waals surface area (Å²) in [6, 6.07) is 3.23. The molecule has 0 fully saturated rings. The zero-order valence-electron chi connectivity index (χ0n) is 13.0. The van der Waals surface area contributed by atoms with Crippen molar-refractivity contribution < 1.29 is 8.42 Å². The highest BCUT2D eigenvalue weighted by molar-refractivity contribution is 7.89. The van der Waals surface area contributed by atoms with E-state index in [0.29, 0.717) is 12.2 Å². The Morgan fingerprint density at radius 1 is 1.10 bits per heavy atom. The van der Waals surface area contributed by atoms with Crippen LogP contribution in [0.4, 0.5) is 5.69 Å². The lowest BCUT2D eigenvalue weighted by Gasteiger charge is -2.19. The Morgan fingerprint density at radius 2 is 1.70 bits per heavy atom. The molecule has 20 heavy (non-hydrogen) atoms. The van der Waals surface area contributed by atoms with Gasteiger partial charge in [0.2, 0.25) is 10.0 Å². The summed E-state index contributed by atoms with van der Waals surface area (Å²) in [6.07, 6.45) is 0.795. The lowest BCUT2D eigenvalue weighted by atomic mass is 10.1. The molecule has 1 aromatic carbocycles. The number of aryl methyl sites for hydroxylation is 1. The van der Waals surface area contributed by atoms with Gasteiger partial charge in [-0.15, -0.1) is 0 Å². The van der Waals surface area contributed by atoms with Crippen LogP contribution in [0.15, 0.2) is 17.0 Å². The molecule has 0 radical (unpaired) electrons. The van der Waals surface area contributed by atoms with E-state index in [4.69, 9.17) is 5.73 Å². The van der Waals surface area contributed by atoms with Crippen LogP contribution in [-0.4, -0.2) is 51.9 Å². The molecule has 0 amide bonds. The first-order chi connectivity index (χ1) is 9.16. The topological polar surface area (TPSA) is 66.6 Å². The van der Waals surface area contributed by atoms with Crippen molar-refractivity contribution in [3.05, 3.63) is 23.3 Å². The Labute approximate surface area is 122 Å². The maximum atomic E-state index is 12.5. The molecule has 0 aliphatic heterocycles. The van der Waals surface area contributed by atoms with Crippen molar-refractivity contribution >= 4 is 15.7 Å². The molecule has 1 rings (SSSR count). The van der Waals surface area contributed by atoms with E-state index in [2.05, 4.69) is 0 Å². The zero-order valence-corrected chi connectivity index (χ0v) is 13.8. The van der Waals surface area contributed by atoms with Gasteiger partial charge < -0.3 is 10.6 Å². The molecule has 0 saturated carbocycles. The third-order valence-corrected chi connectivity index (χ3v) is 5.30. The van der Waals surface area contributed by atoms with Crippen LogP contribution < -0.4 is 5.73 Å². The Kier molecular flexibility index (Phi) is 5.56. The number of rotatable bonds is 6. The maximum absolute atomic E-state index is 12.5. The molecule has 0 aliphatic rings. The maximum Gasteiger partial charge on any atom is 0.242 e. The second kappa shape index (κ2) is 6.56. The molecular formula is C14H25N3O2S. The van der Waals surface area contributed by atoms with Crippen LogP contribution in [0.1, 0.15) is 17.5 Å². The van der Waals surface area contributed by atoms with Crippen LogP contribution in [0, 0.1) is 13.8 Å². The Bertz CT molecular complexity index is 545. The van der Waals surface area contributed by atoms with Crippen molar-refractivity contribution in [3.8, 4) is 0 Å². The molecule has 0 aliphatic carbocycles. The predicted octanol–water partition coefficient (Wildman–Crippen LogP) is 1.46. The number of nitrogen functional groups attached to an aromatic ring is 1. The minimum absolute atomic E-state index is 0.269. The molecule has 5 nitrogen and oxygen atoms in total. The highest BCUT2D eigenvalue weighted by Gasteiger charge is 2.21. The summed E-state index contributed by atoms with van der Waals surface area (Å²) < 4.78 is 26.3. The monoisotopic (exact) mass is 299 g/mol. The van der Waals surface area contributed by atoms with E-state index < -0.39 is 10.0 Å². The fourth-order valence-electron chi connectivity index (χ4n) is 1.91. The van der Waals surface area contributed by atoms with Crippen LogP contribution in [0.25, 0.3) is 0 Å². The van der Waals surface area contributed by atoms with Crippen LogP contribution in [0.3, 0.4) is 0 Å². The van der Waals surface area contributed by atoms with Crippen LogP contribution in [0.5, 0.6) is 0 Å². The predicted molar refractivity (Wildman–Crippen MR) is 83.3 cm³/mol. The normalized spacial score (nSPS) is 12.3. The van der Waals surface area contributed by atoms with Gasteiger partial charge in [0.05, 0.1) is 4.90 Å². The zero-order chi connectivity index (χ0) is 15.5. The third-order valence-electron chi connectivity index (χ3n) is 3.47.